The van der Waals surface area contributed by atoms with E-state index in [0.717, 1.165) is 17.7 Å². The van der Waals surface area contributed by atoms with Crippen molar-refractivity contribution in [1.29, 1.82) is 0 Å². The van der Waals surface area contributed by atoms with E-state index in [1.54, 1.807) is 0 Å². The van der Waals surface area contributed by atoms with E-state index >= 15 is 0 Å². The molecule has 0 aromatic rings. The summed E-state index contributed by atoms with van der Waals surface area (Å²) in [4.78, 5) is 13.3. The van der Waals surface area contributed by atoms with Crippen molar-refractivity contribution in [3.63, 3.8) is 0 Å². The normalized spacial score (nSPS) is 25.7. The summed E-state index contributed by atoms with van der Waals surface area (Å²) in [6.07, 6.45) is -1.93. The Kier molecular flexibility index (Phi) is 5.24. The highest BCUT2D eigenvalue weighted by molar-refractivity contribution is 5.79. The van der Waals surface area contributed by atoms with Crippen LogP contribution in [0.2, 0.25) is 0 Å². The Bertz CT molecular complexity index is 320. The quantitative estimate of drug-likeness (QED) is 0.841. The van der Waals surface area contributed by atoms with Gasteiger partial charge < -0.3 is 10.0 Å². The highest BCUT2D eigenvalue weighted by atomic mass is 19.4. The first-order valence-electron chi connectivity index (χ1n) is 6.83. The van der Waals surface area contributed by atoms with Gasteiger partial charge in [-0.1, -0.05) is 26.7 Å². The molecule has 0 aliphatic carbocycles. The van der Waals surface area contributed by atoms with Gasteiger partial charge in [0.1, 0.15) is 0 Å². The van der Waals surface area contributed by atoms with E-state index in [1.807, 2.05) is 13.8 Å². The van der Waals surface area contributed by atoms with E-state index in [0.29, 0.717) is 12.8 Å². The standard InChI is InChI=1S/C13H22F3NO2/c1-3-5-6-10(4-2)11(18)17-8-7-12(19,9-17)13(14,15)16/h10,19H,3-9H2,1-2H3. The molecule has 0 saturated carbocycles. The van der Waals surface area contributed by atoms with Crippen LogP contribution in [0.5, 0.6) is 0 Å². The van der Waals surface area contributed by atoms with E-state index in [2.05, 4.69) is 0 Å². The van der Waals surface area contributed by atoms with Crippen LogP contribution in [0, 0.1) is 5.92 Å². The Hall–Kier alpha value is -0.780. The lowest BCUT2D eigenvalue weighted by atomic mass is 9.97. The summed E-state index contributed by atoms with van der Waals surface area (Å²) in [5.41, 5.74) is -2.73. The fraction of sp³-hybridized carbons (Fsp3) is 0.923. The van der Waals surface area contributed by atoms with Gasteiger partial charge in [0.2, 0.25) is 5.91 Å². The molecule has 0 radical (unpaired) electrons. The van der Waals surface area contributed by atoms with Gasteiger partial charge in [-0.3, -0.25) is 4.79 Å². The number of hydrogen-bond donors (Lipinski definition) is 1. The summed E-state index contributed by atoms with van der Waals surface area (Å²) >= 11 is 0. The highest BCUT2D eigenvalue weighted by Crippen LogP contribution is 2.38. The minimum Gasteiger partial charge on any atom is -0.379 e. The van der Waals surface area contributed by atoms with Gasteiger partial charge in [-0.15, -0.1) is 0 Å². The first kappa shape index (κ1) is 16.3. The van der Waals surface area contributed by atoms with E-state index in [4.69, 9.17) is 0 Å². The SMILES string of the molecule is CCCCC(CC)C(=O)N1CCC(O)(C(F)(F)F)C1. The lowest BCUT2D eigenvalue weighted by Gasteiger charge is -2.27. The fourth-order valence-corrected chi connectivity index (χ4v) is 2.42. The average Bonchev–Trinajstić information content (AvgIpc) is 2.73. The third-order valence-electron chi connectivity index (χ3n) is 3.84. The molecule has 1 aliphatic heterocycles. The molecule has 19 heavy (non-hydrogen) atoms. The van der Waals surface area contributed by atoms with Crippen molar-refractivity contribution in [1.82, 2.24) is 4.90 Å². The second kappa shape index (κ2) is 6.11. The van der Waals surface area contributed by atoms with Crippen molar-refractivity contribution in [3.05, 3.63) is 0 Å². The van der Waals surface area contributed by atoms with Crippen molar-refractivity contribution in [3.8, 4) is 0 Å². The zero-order chi connectivity index (χ0) is 14.7. The number of unbranched alkanes of at least 4 members (excludes halogenated alkanes) is 1. The summed E-state index contributed by atoms with van der Waals surface area (Å²) in [5, 5.41) is 9.56. The van der Waals surface area contributed by atoms with Crippen LogP contribution in [-0.2, 0) is 4.79 Å². The molecular formula is C13H22F3NO2. The monoisotopic (exact) mass is 281 g/mol. The molecule has 0 spiro atoms. The third-order valence-corrected chi connectivity index (χ3v) is 3.84. The maximum absolute atomic E-state index is 12.7. The van der Waals surface area contributed by atoms with Gasteiger partial charge >= 0.3 is 6.18 Å². The second-order valence-electron chi connectivity index (χ2n) is 5.29. The molecule has 0 bridgehead atoms. The lowest BCUT2D eigenvalue weighted by molar-refractivity contribution is -0.253. The summed E-state index contributed by atoms with van der Waals surface area (Å²) in [5.74, 6) is -0.480. The Morgan fingerprint density at radius 3 is 2.47 bits per heavy atom. The number of halogens is 3. The van der Waals surface area contributed by atoms with Crippen molar-refractivity contribution in [2.45, 2.75) is 57.7 Å². The maximum Gasteiger partial charge on any atom is 0.419 e. The van der Waals surface area contributed by atoms with Crippen LogP contribution in [0.3, 0.4) is 0 Å². The number of carbonyl (C=O) groups excluding carboxylic acids is 1. The molecule has 1 rings (SSSR count). The highest BCUT2D eigenvalue weighted by Gasteiger charge is 2.57. The maximum atomic E-state index is 12.7. The molecule has 2 unspecified atom stereocenters. The molecule has 2 atom stereocenters. The molecule has 0 aromatic heterocycles. The van der Waals surface area contributed by atoms with Gasteiger partial charge in [0, 0.05) is 18.9 Å². The van der Waals surface area contributed by atoms with Crippen LogP contribution >= 0.6 is 0 Å². The first-order valence-corrected chi connectivity index (χ1v) is 6.83. The minimum atomic E-state index is -4.67. The number of aliphatic hydroxyl groups is 1. The molecule has 1 fully saturated rings. The third kappa shape index (κ3) is 3.61. The number of rotatable bonds is 5. The number of amides is 1. The largest absolute Gasteiger partial charge is 0.419 e. The Labute approximate surface area is 111 Å². The Balaban J connectivity index is 2.65. The van der Waals surface area contributed by atoms with E-state index in [-0.39, 0.29) is 18.4 Å². The molecule has 0 aromatic carbocycles. The molecule has 1 aliphatic rings. The topological polar surface area (TPSA) is 40.5 Å². The number of nitrogens with zero attached hydrogens (tertiary/aromatic N) is 1. The minimum absolute atomic E-state index is 0.0164. The molecule has 1 amide bonds. The number of likely N-dealkylation sites (tertiary alicyclic amines) is 1. The van der Waals surface area contributed by atoms with Gasteiger partial charge in [0.15, 0.2) is 5.60 Å². The second-order valence-corrected chi connectivity index (χ2v) is 5.29. The van der Waals surface area contributed by atoms with Gasteiger partial charge in [-0.25, -0.2) is 0 Å². The van der Waals surface area contributed by atoms with E-state index in [9.17, 15) is 23.1 Å². The lowest BCUT2D eigenvalue weighted by Crippen LogP contribution is -2.48. The number of β-amino-alcohol motifs (C(OH)–C–C–N with tert-alkyl or cyclic N) is 1. The fourth-order valence-electron chi connectivity index (χ4n) is 2.42. The van der Waals surface area contributed by atoms with Gasteiger partial charge in [0.25, 0.3) is 0 Å². The smallest absolute Gasteiger partial charge is 0.379 e. The van der Waals surface area contributed by atoms with Crippen LogP contribution in [0.1, 0.15) is 46.0 Å². The van der Waals surface area contributed by atoms with E-state index < -0.39 is 24.7 Å². The zero-order valence-corrected chi connectivity index (χ0v) is 11.5. The van der Waals surface area contributed by atoms with Gasteiger partial charge in [-0.2, -0.15) is 13.2 Å². The van der Waals surface area contributed by atoms with Crippen molar-refractivity contribution in [2.24, 2.45) is 5.92 Å². The number of hydrogen-bond acceptors (Lipinski definition) is 2. The molecular weight excluding hydrogens is 259 g/mol. The number of alkyl halides is 3. The Morgan fingerprint density at radius 1 is 1.42 bits per heavy atom. The van der Waals surface area contributed by atoms with Crippen molar-refractivity contribution < 1.29 is 23.1 Å². The van der Waals surface area contributed by atoms with Crippen LogP contribution in [0.25, 0.3) is 0 Å². The molecule has 1 N–H and O–H groups in total. The molecule has 1 saturated heterocycles. The first-order chi connectivity index (χ1) is 8.75. The molecule has 6 heteroatoms. The van der Waals surface area contributed by atoms with Crippen molar-refractivity contribution >= 4 is 5.91 Å². The van der Waals surface area contributed by atoms with Crippen LogP contribution in [0.4, 0.5) is 13.2 Å². The molecule has 3 nitrogen and oxygen atoms in total. The molecule has 1 heterocycles. The zero-order valence-electron chi connectivity index (χ0n) is 11.5. The summed E-state index contributed by atoms with van der Waals surface area (Å²) in [6, 6.07) is 0. The van der Waals surface area contributed by atoms with Crippen LogP contribution in [-0.4, -0.2) is 40.8 Å². The molecule has 112 valence electrons. The predicted octanol–water partition coefficient (Wildman–Crippen LogP) is 2.73. The number of carbonyl (C=O) groups is 1. The summed E-state index contributed by atoms with van der Waals surface area (Å²) in [6.45, 7) is 3.23. The average molecular weight is 281 g/mol. The van der Waals surface area contributed by atoms with Crippen LogP contribution in [0.15, 0.2) is 0 Å². The van der Waals surface area contributed by atoms with Gasteiger partial charge in [-0.05, 0) is 12.8 Å². The summed E-state index contributed by atoms with van der Waals surface area (Å²) in [7, 11) is 0. The Morgan fingerprint density at radius 2 is 2.05 bits per heavy atom. The van der Waals surface area contributed by atoms with E-state index in [1.165, 1.54) is 0 Å². The van der Waals surface area contributed by atoms with Crippen LogP contribution < -0.4 is 0 Å². The van der Waals surface area contributed by atoms with Crippen molar-refractivity contribution in [2.75, 3.05) is 13.1 Å². The predicted molar refractivity (Wildman–Crippen MR) is 65.5 cm³/mol. The summed E-state index contributed by atoms with van der Waals surface area (Å²) < 4.78 is 38.0. The van der Waals surface area contributed by atoms with Gasteiger partial charge in [0.05, 0.1) is 6.54 Å².